The molecule has 3 heteroatoms. The van der Waals surface area contributed by atoms with Gasteiger partial charge in [-0.3, -0.25) is 0 Å². The van der Waals surface area contributed by atoms with Gasteiger partial charge in [0.25, 0.3) is 0 Å². The maximum absolute atomic E-state index is 9.13. The number of aromatic nitrogens is 1. The average molecular weight is 267 g/mol. The van der Waals surface area contributed by atoms with E-state index in [-0.39, 0.29) is 0 Å². The summed E-state index contributed by atoms with van der Waals surface area (Å²) >= 11 is 0. The summed E-state index contributed by atoms with van der Waals surface area (Å²) in [7, 11) is 2.00. The van der Waals surface area contributed by atoms with Crippen molar-refractivity contribution in [2.24, 2.45) is 0 Å². The molecule has 1 N–H and O–H groups in total. The van der Waals surface area contributed by atoms with E-state index in [1.54, 1.807) is 0 Å². The van der Waals surface area contributed by atoms with Crippen LogP contribution in [0, 0.1) is 11.3 Å². The fourth-order valence-electron chi connectivity index (χ4n) is 2.49. The summed E-state index contributed by atoms with van der Waals surface area (Å²) < 4.78 is 2.14. The monoisotopic (exact) mass is 267 g/mol. The number of benzene rings is 1. The number of hydrogen-bond donors (Lipinski definition) is 1. The van der Waals surface area contributed by atoms with E-state index < -0.39 is 0 Å². The Hall–Kier alpha value is -2.05. The quantitative estimate of drug-likeness (QED) is 0.870. The Morgan fingerprint density at radius 1 is 1.30 bits per heavy atom. The predicted octanol–water partition coefficient (Wildman–Crippen LogP) is 3.47. The first-order valence-corrected chi connectivity index (χ1v) is 7.09. The van der Waals surface area contributed by atoms with Crippen molar-refractivity contribution >= 4 is 0 Å². The van der Waals surface area contributed by atoms with Gasteiger partial charge in [-0.1, -0.05) is 31.5 Å². The van der Waals surface area contributed by atoms with E-state index in [4.69, 9.17) is 5.26 Å². The highest BCUT2D eigenvalue weighted by Crippen LogP contribution is 2.19. The Labute approximate surface area is 120 Å². The summed E-state index contributed by atoms with van der Waals surface area (Å²) in [5.41, 5.74) is 3.12. The number of nitrogens with zero attached hydrogens (tertiary/aromatic N) is 2. The molecule has 1 atom stereocenters. The highest BCUT2D eigenvalue weighted by atomic mass is 15.0. The lowest BCUT2D eigenvalue weighted by molar-refractivity contribution is 0.540. The first-order valence-electron chi connectivity index (χ1n) is 7.09. The van der Waals surface area contributed by atoms with Crippen LogP contribution in [0.15, 0.2) is 42.7 Å². The minimum Gasteiger partial charge on any atom is -0.350 e. The van der Waals surface area contributed by atoms with Crippen LogP contribution in [0.4, 0.5) is 0 Å². The molecule has 0 bridgehead atoms. The van der Waals surface area contributed by atoms with Crippen LogP contribution in [0.25, 0.3) is 0 Å². The molecule has 2 aromatic rings. The molecule has 2 rings (SSSR count). The third-order valence-corrected chi connectivity index (χ3v) is 3.59. The summed E-state index contributed by atoms with van der Waals surface area (Å²) in [6.07, 6.45) is 6.55. The van der Waals surface area contributed by atoms with Gasteiger partial charge in [-0.15, -0.1) is 0 Å². The van der Waals surface area contributed by atoms with Crippen molar-refractivity contribution in [1.29, 1.82) is 5.26 Å². The first-order chi connectivity index (χ1) is 9.78. The topological polar surface area (TPSA) is 40.8 Å². The number of nitriles is 1. The zero-order chi connectivity index (χ0) is 14.4. The minimum atomic E-state index is 0.410. The first kappa shape index (κ1) is 14.4. The van der Waals surface area contributed by atoms with Crippen LogP contribution in [0.2, 0.25) is 0 Å². The number of nitrogens with one attached hydrogen (secondary N) is 1. The second kappa shape index (κ2) is 6.93. The third kappa shape index (κ3) is 3.28. The molecule has 104 valence electrons. The summed E-state index contributed by atoms with van der Waals surface area (Å²) in [4.78, 5) is 0. The predicted molar refractivity (Wildman–Crippen MR) is 81.4 cm³/mol. The second-order valence-corrected chi connectivity index (χ2v) is 5.02. The fraction of sp³-hybridized carbons (Fsp3) is 0.353. The Morgan fingerprint density at radius 3 is 2.80 bits per heavy atom. The van der Waals surface area contributed by atoms with Crippen LogP contribution < -0.4 is 5.32 Å². The molecule has 0 aliphatic rings. The molecule has 0 aliphatic carbocycles. The maximum atomic E-state index is 9.13. The van der Waals surface area contributed by atoms with E-state index in [9.17, 15) is 0 Å². The summed E-state index contributed by atoms with van der Waals surface area (Å²) in [5.74, 6) is 0. The van der Waals surface area contributed by atoms with Gasteiger partial charge in [0, 0.05) is 25.0 Å². The van der Waals surface area contributed by atoms with Gasteiger partial charge in [-0.2, -0.15) is 5.26 Å². The summed E-state index contributed by atoms with van der Waals surface area (Å²) in [6.45, 7) is 2.94. The van der Waals surface area contributed by atoms with Crippen molar-refractivity contribution in [3.63, 3.8) is 0 Å². The molecule has 1 heterocycles. The maximum Gasteiger partial charge on any atom is 0.0995 e. The van der Waals surface area contributed by atoms with Crippen LogP contribution in [0.3, 0.4) is 0 Å². The van der Waals surface area contributed by atoms with E-state index in [1.165, 1.54) is 5.56 Å². The molecule has 0 aliphatic heterocycles. The third-order valence-electron chi connectivity index (χ3n) is 3.59. The van der Waals surface area contributed by atoms with Gasteiger partial charge in [-0.05, 0) is 36.7 Å². The van der Waals surface area contributed by atoms with Crippen molar-refractivity contribution in [3.8, 4) is 6.07 Å². The van der Waals surface area contributed by atoms with Crippen molar-refractivity contribution < 1.29 is 0 Å². The molecular weight excluding hydrogens is 246 g/mol. The molecule has 0 radical (unpaired) electrons. The summed E-state index contributed by atoms with van der Waals surface area (Å²) in [6, 6.07) is 12.6. The van der Waals surface area contributed by atoms with Crippen LogP contribution >= 0.6 is 0 Å². The Morgan fingerprint density at radius 2 is 2.10 bits per heavy atom. The summed E-state index contributed by atoms with van der Waals surface area (Å²) in [5, 5.41) is 12.5. The smallest absolute Gasteiger partial charge is 0.0995 e. The molecular formula is C17H21N3. The van der Waals surface area contributed by atoms with E-state index in [0.717, 1.165) is 30.5 Å². The van der Waals surface area contributed by atoms with Crippen molar-refractivity contribution in [3.05, 3.63) is 59.4 Å². The van der Waals surface area contributed by atoms with Gasteiger partial charge in [0.15, 0.2) is 0 Å². The molecule has 3 nitrogen and oxygen atoms in total. The van der Waals surface area contributed by atoms with Crippen LogP contribution in [0.5, 0.6) is 0 Å². The van der Waals surface area contributed by atoms with E-state index in [1.807, 2.05) is 31.3 Å². The van der Waals surface area contributed by atoms with Crippen molar-refractivity contribution in [2.45, 2.75) is 32.4 Å². The Bertz CT molecular complexity index is 592. The molecule has 1 unspecified atom stereocenters. The van der Waals surface area contributed by atoms with Gasteiger partial charge >= 0.3 is 0 Å². The van der Waals surface area contributed by atoms with Crippen LogP contribution in [-0.4, -0.2) is 11.6 Å². The molecule has 1 aromatic heterocycles. The van der Waals surface area contributed by atoms with Gasteiger partial charge in [0.05, 0.1) is 11.6 Å². The molecule has 20 heavy (non-hydrogen) atoms. The Balaban J connectivity index is 2.15. The normalized spacial score (nSPS) is 12.1. The number of rotatable bonds is 6. The van der Waals surface area contributed by atoms with Gasteiger partial charge < -0.3 is 9.88 Å². The minimum absolute atomic E-state index is 0.410. The Kier molecular flexibility index (Phi) is 4.97. The van der Waals surface area contributed by atoms with Gasteiger partial charge in [0.1, 0.15) is 0 Å². The van der Waals surface area contributed by atoms with Gasteiger partial charge in [0.2, 0.25) is 0 Å². The molecule has 0 saturated heterocycles. The zero-order valence-electron chi connectivity index (χ0n) is 12.1. The lowest BCUT2D eigenvalue weighted by Crippen LogP contribution is -2.15. The average Bonchev–Trinajstić information content (AvgIpc) is 2.93. The fourth-order valence-corrected chi connectivity index (χ4v) is 2.49. The number of hydrogen-bond acceptors (Lipinski definition) is 2. The molecule has 0 amide bonds. The highest BCUT2D eigenvalue weighted by molar-refractivity contribution is 5.37. The van der Waals surface area contributed by atoms with Crippen molar-refractivity contribution in [1.82, 2.24) is 9.88 Å². The van der Waals surface area contributed by atoms with E-state index in [0.29, 0.717) is 6.04 Å². The highest BCUT2D eigenvalue weighted by Gasteiger charge is 2.10. The molecule has 0 saturated carbocycles. The van der Waals surface area contributed by atoms with E-state index in [2.05, 4.69) is 41.3 Å². The lowest BCUT2D eigenvalue weighted by Gasteiger charge is -2.13. The van der Waals surface area contributed by atoms with Gasteiger partial charge in [-0.25, -0.2) is 0 Å². The largest absolute Gasteiger partial charge is 0.350 e. The lowest BCUT2D eigenvalue weighted by atomic mass is 10.1. The second-order valence-electron chi connectivity index (χ2n) is 5.02. The van der Waals surface area contributed by atoms with Crippen LogP contribution in [-0.2, 0) is 6.54 Å². The SMILES string of the molecule is CCCC(NC)c1ccn(Cc2ccccc2C#N)c1. The van der Waals surface area contributed by atoms with Crippen LogP contribution in [0.1, 0.15) is 42.5 Å². The van der Waals surface area contributed by atoms with E-state index >= 15 is 0 Å². The molecule has 0 spiro atoms. The standard InChI is InChI=1S/C17H21N3/c1-3-6-17(19-2)16-9-10-20(13-16)12-15-8-5-4-7-14(15)11-18/h4-5,7-10,13,17,19H,3,6,12H2,1-2H3. The molecule has 1 aromatic carbocycles. The molecule has 0 fully saturated rings. The van der Waals surface area contributed by atoms with Crippen molar-refractivity contribution in [2.75, 3.05) is 7.05 Å². The zero-order valence-corrected chi connectivity index (χ0v) is 12.1.